The number of methoxy groups -OCH3 is 1. The first-order valence-electron chi connectivity index (χ1n) is 9.56. The Balaban J connectivity index is 3.31. The van der Waals surface area contributed by atoms with Gasteiger partial charge in [-0.15, -0.1) is 0 Å². The maximum atomic E-state index is 11.7. The molecule has 0 aromatic heterocycles. The molecule has 9 nitrogen and oxygen atoms in total. The molecule has 9 heteroatoms. The van der Waals surface area contributed by atoms with Crippen molar-refractivity contribution in [2.24, 2.45) is 0 Å². The molecule has 170 valence electrons. The summed E-state index contributed by atoms with van der Waals surface area (Å²) in [6.07, 6.45) is 1.14. The second-order valence-corrected chi connectivity index (χ2v) is 9.01. The van der Waals surface area contributed by atoms with E-state index >= 15 is 0 Å². The highest BCUT2D eigenvalue weighted by Crippen LogP contribution is 2.54. The van der Waals surface area contributed by atoms with Gasteiger partial charge in [-0.1, -0.05) is 6.92 Å². The predicted octanol–water partition coefficient (Wildman–Crippen LogP) is 0.707. The van der Waals surface area contributed by atoms with Crippen LogP contribution >= 0.6 is 0 Å². The molecule has 0 bridgehead atoms. The summed E-state index contributed by atoms with van der Waals surface area (Å²) < 4.78 is 22.4. The lowest BCUT2D eigenvalue weighted by atomic mass is 9.60. The number of ether oxygens (including phenoxy) is 4. The summed E-state index contributed by atoms with van der Waals surface area (Å²) in [5, 5.41) is 33.4. The fourth-order valence-electron chi connectivity index (χ4n) is 3.59. The van der Waals surface area contributed by atoms with Crippen molar-refractivity contribution in [3.63, 3.8) is 0 Å². The average molecular weight is 420 g/mol. The van der Waals surface area contributed by atoms with Crippen LogP contribution in [0.15, 0.2) is 0 Å². The summed E-state index contributed by atoms with van der Waals surface area (Å²) >= 11 is 0. The first kappa shape index (κ1) is 26.1. The maximum absolute atomic E-state index is 11.7. The first-order chi connectivity index (χ1) is 12.9. The van der Waals surface area contributed by atoms with Crippen molar-refractivity contribution < 1.29 is 43.9 Å². The van der Waals surface area contributed by atoms with Gasteiger partial charge in [0.1, 0.15) is 22.4 Å². The van der Waals surface area contributed by atoms with E-state index in [9.17, 15) is 24.9 Å². The van der Waals surface area contributed by atoms with Crippen LogP contribution in [0.5, 0.6) is 0 Å². The van der Waals surface area contributed by atoms with E-state index in [1.807, 2.05) is 0 Å². The molecule has 3 N–H and O–H groups in total. The van der Waals surface area contributed by atoms with Crippen molar-refractivity contribution in [3.8, 4) is 0 Å². The molecule has 1 aliphatic rings. The van der Waals surface area contributed by atoms with Crippen LogP contribution in [-0.4, -0.2) is 81.2 Å². The van der Waals surface area contributed by atoms with Gasteiger partial charge in [-0.2, -0.15) is 0 Å². The molecule has 0 aliphatic carbocycles. The molecule has 0 amide bonds. The molecule has 7 atom stereocenters. The Hall–Kier alpha value is -0.940. The lowest BCUT2D eigenvalue weighted by Crippen LogP contribution is -2.84. The lowest BCUT2D eigenvalue weighted by Gasteiger charge is -2.65. The van der Waals surface area contributed by atoms with Gasteiger partial charge >= 0.3 is 0 Å². The highest BCUT2D eigenvalue weighted by molar-refractivity contribution is 5.65. The zero-order valence-corrected chi connectivity index (χ0v) is 18.9. The molecule has 29 heavy (non-hydrogen) atoms. The number of aliphatic hydroxyl groups is 3. The van der Waals surface area contributed by atoms with E-state index in [-0.39, 0.29) is 0 Å². The predicted molar refractivity (Wildman–Crippen MR) is 103 cm³/mol. The Bertz CT molecular complexity index is 631. The van der Waals surface area contributed by atoms with Crippen LogP contribution in [0.2, 0.25) is 0 Å². The molecule has 1 aliphatic heterocycles. The third-order valence-electron chi connectivity index (χ3n) is 6.84. The van der Waals surface area contributed by atoms with E-state index in [4.69, 9.17) is 18.9 Å². The van der Waals surface area contributed by atoms with Gasteiger partial charge in [0.15, 0.2) is 18.4 Å². The molecule has 1 rings (SSSR count). The second kappa shape index (κ2) is 7.64. The molecule has 0 radical (unpaired) electrons. The van der Waals surface area contributed by atoms with Crippen molar-refractivity contribution in [2.75, 3.05) is 13.7 Å². The minimum absolute atomic E-state index is 0.291. The number of rotatable bonds is 9. The zero-order valence-electron chi connectivity index (χ0n) is 18.9. The summed E-state index contributed by atoms with van der Waals surface area (Å²) in [5.41, 5.74) is -8.92. The van der Waals surface area contributed by atoms with Crippen molar-refractivity contribution in [1.29, 1.82) is 0 Å². The van der Waals surface area contributed by atoms with Crippen LogP contribution < -0.4 is 0 Å². The Morgan fingerprint density at radius 1 is 0.931 bits per heavy atom. The van der Waals surface area contributed by atoms with Crippen LogP contribution in [0.25, 0.3) is 0 Å². The van der Waals surface area contributed by atoms with E-state index in [1.165, 1.54) is 48.7 Å². The van der Waals surface area contributed by atoms with Gasteiger partial charge in [0, 0.05) is 7.11 Å². The highest BCUT2D eigenvalue weighted by atomic mass is 16.7. The minimum atomic E-state index is -2.10. The molecule has 0 aromatic rings. The van der Waals surface area contributed by atoms with Gasteiger partial charge in [0.25, 0.3) is 0 Å². The molecule has 0 saturated carbocycles. The fourth-order valence-corrected chi connectivity index (χ4v) is 3.59. The van der Waals surface area contributed by atoms with Crippen LogP contribution in [-0.2, 0) is 28.5 Å². The minimum Gasteiger partial charge on any atom is -0.384 e. The number of hydrogen-bond donors (Lipinski definition) is 3. The molecule has 7 unspecified atom stereocenters. The standard InChI is InChI=1S/C20H36O9/c1-10-15(3)17(5,23)18(6,24)19(7,25)20(8,29-15)27-13-14(2,11-21)28-16(4,12-22)26-9/h11-12,23-25H,10,13H2,1-9H3. The van der Waals surface area contributed by atoms with Gasteiger partial charge in [-0.05, 0) is 54.9 Å². The van der Waals surface area contributed by atoms with Gasteiger partial charge in [0.2, 0.25) is 5.79 Å². The maximum Gasteiger partial charge on any atom is 0.223 e. The molecule has 1 heterocycles. The molecular formula is C20H36O9. The monoisotopic (exact) mass is 420 g/mol. The summed E-state index contributed by atoms with van der Waals surface area (Å²) in [4.78, 5) is 23.0. The lowest BCUT2D eigenvalue weighted by molar-refractivity contribution is -0.458. The van der Waals surface area contributed by atoms with E-state index in [1.54, 1.807) is 13.8 Å². The van der Waals surface area contributed by atoms with E-state index in [0.717, 1.165) is 0 Å². The van der Waals surface area contributed by atoms with E-state index in [0.29, 0.717) is 19.0 Å². The quantitative estimate of drug-likeness (QED) is 0.364. The average Bonchev–Trinajstić information content (AvgIpc) is 2.64. The van der Waals surface area contributed by atoms with Crippen LogP contribution in [0.4, 0.5) is 0 Å². The normalized spacial score (nSPS) is 44.6. The van der Waals surface area contributed by atoms with Gasteiger partial charge < -0.3 is 39.1 Å². The first-order valence-corrected chi connectivity index (χ1v) is 9.56. The third kappa shape index (κ3) is 3.89. The van der Waals surface area contributed by atoms with Gasteiger partial charge in [-0.25, -0.2) is 0 Å². The second-order valence-electron chi connectivity index (χ2n) is 9.01. The topological polar surface area (TPSA) is 132 Å². The Labute approximate surface area is 172 Å². The number of carbonyl (C=O) groups is 2. The molecule has 0 aromatic carbocycles. The molecule has 0 spiro atoms. The smallest absolute Gasteiger partial charge is 0.223 e. The van der Waals surface area contributed by atoms with Crippen molar-refractivity contribution in [3.05, 3.63) is 0 Å². The fraction of sp³-hybridized carbons (Fsp3) is 0.900. The molecular weight excluding hydrogens is 384 g/mol. The highest BCUT2D eigenvalue weighted by Gasteiger charge is 2.74. The van der Waals surface area contributed by atoms with Crippen molar-refractivity contribution in [1.82, 2.24) is 0 Å². The van der Waals surface area contributed by atoms with Crippen molar-refractivity contribution in [2.45, 2.75) is 101 Å². The van der Waals surface area contributed by atoms with Gasteiger partial charge in [-0.3, -0.25) is 4.79 Å². The largest absolute Gasteiger partial charge is 0.384 e. The van der Waals surface area contributed by atoms with Crippen molar-refractivity contribution >= 4 is 12.6 Å². The Morgan fingerprint density at radius 3 is 1.83 bits per heavy atom. The van der Waals surface area contributed by atoms with E-state index in [2.05, 4.69) is 0 Å². The molecule has 1 saturated heterocycles. The number of carbonyl (C=O) groups excluding carboxylic acids is 2. The summed E-state index contributed by atoms with van der Waals surface area (Å²) in [5.74, 6) is -3.54. The zero-order chi connectivity index (χ0) is 23.2. The van der Waals surface area contributed by atoms with Gasteiger partial charge in [0.05, 0.1) is 12.2 Å². The Kier molecular flexibility index (Phi) is 6.87. The summed E-state index contributed by atoms with van der Waals surface area (Å²) in [7, 11) is 1.25. The van der Waals surface area contributed by atoms with E-state index < -0.39 is 46.2 Å². The van der Waals surface area contributed by atoms with Crippen LogP contribution in [0.1, 0.15) is 61.8 Å². The molecule has 1 fully saturated rings. The van der Waals surface area contributed by atoms with Crippen LogP contribution in [0.3, 0.4) is 0 Å². The van der Waals surface area contributed by atoms with Crippen LogP contribution in [0, 0.1) is 0 Å². The summed E-state index contributed by atoms with van der Waals surface area (Å²) in [6, 6.07) is 0. The Morgan fingerprint density at radius 2 is 1.45 bits per heavy atom. The third-order valence-corrected chi connectivity index (χ3v) is 6.84. The SMILES string of the molecule is CCC1(C)OC(C)(OCC(C)(C=O)OC(C)(C=O)OC)C(C)(O)C(C)(O)C1(C)O. The summed E-state index contributed by atoms with van der Waals surface area (Å²) in [6.45, 7) is 11.0. The number of hydrogen-bond acceptors (Lipinski definition) is 9. The number of aldehydes is 2.